The molecule has 0 aliphatic rings. The normalized spacial score (nSPS) is 12.6. The SMILES string of the molecule is CCCn1ncc(OC)c1C(NCC)c1ccoc1Cl. The Morgan fingerprint density at radius 3 is 2.85 bits per heavy atom. The molecular weight excluding hydrogens is 278 g/mol. The van der Waals surface area contributed by atoms with Crippen molar-refractivity contribution in [1.82, 2.24) is 15.1 Å². The monoisotopic (exact) mass is 297 g/mol. The molecule has 0 bridgehead atoms. The quantitative estimate of drug-likeness (QED) is 0.852. The van der Waals surface area contributed by atoms with Crippen LogP contribution < -0.4 is 10.1 Å². The van der Waals surface area contributed by atoms with Gasteiger partial charge in [-0.25, -0.2) is 0 Å². The molecule has 0 saturated carbocycles. The van der Waals surface area contributed by atoms with Crippen LogP contribution in [0, 0.1) is 0 Å². The van der Waals surface area contributed by atoms with Crippen molar-refractivity contribution in [2.75, 3.05) is 13.7 Å². The van der Waals surface area contributed by atoms with Gasteiger partial charge in [-0.2, -0.15) is 5.10 Å². The summed E-state index contributed by atoms with van der Waals surface area (Å²) in [6.07, 6.45) is 4.33. The second kappa shape index (κ2) is 6.81. The molecule has 20 heavy (non-hydrogen) atoms. The van der Waals surface area contributed by atoms with Gasteiger partial charge in [0.2, 0.25) is 0 Å². The predicted molar refractivity (Wildman–Crippen MR) is 78.3 cm³/mol. The van der Waals surface area contributed by atoms with E-state index in [-0.39, 0.29) is 6.04 Å². The lowest BCUT2D eigenvalue weighted by Gasteiger charge is -2.19. The zero-order valence-electron chi connectivity index (χ0n) is 12.0. The van der Waals surface area contributed by atoms with E-state index in [1.807, 2.05) is 17.7 Å². The zero-order valence-corrected chi connectivity index (χ0v) is 12.8. The van der Waals surface area contributed by atoms with E-state index in [0.29, 0.717) is 5.22 Å². The maximum Gasteiger partial charge on any atom is 0.198 e. The van der Waals surface area contributed by atoms with Crippen molar-refractivity contribution in [2.45, 2.75) is 32.9 Å². The highest BCUT2D eigenvalue weighted by atomic mass is 35.5. The van der Waals surface area contributed by atoms with Crippen LogP contribution in [-0.4, -0.2) is 23.4 Å². The van der Waals surface area contributed by atoms with E-state index in [9.17, 15) is 0 Å². The molecule has 110 valence electrons. The number of ether oxygens (including phenoxy) is 1. The minimum atomic E-state index is -0.102. The molecule has 0 fully saturated rings. The number of methoxy groups -OCH3 is 1. The first-order valence-electron chi connectivity index (χ1n) is 6.78. The first kappa shape index (κ1) is 14.9. The van der Waals surface area contributed by atoms with Crippen LogP contribution in [0.2, 0.25) is 5.22 Å². The van der Waals surface area contributed by atoms with E-state index in [1.165, 1.54) is 0 Å². The molecule has 2 rings (SSSR count). The Bertz CT molecular complexity index is 550. The van der Waals surface area contributed by atoms with E-state index in [4.69, 9.17) is 20.8 Å². The van der Waals surface area contributed by atoms with Gasteiger partial charge < -0.3 is 14.5 Å². The van der Waals surface area contributed by atoms with E-state index in [0.717, 1.165) is 36.5 Å². The van der Waals surface area contributed by atoms with Gasteiger partial charge in [0, 0.05) is 12.1 Å². The Morgan fingerprint density at radius 2 is 2.30 bits per heavy atom. The fraction of sp³-hybridized carbons (Fsp3) is 0.500. The van der Waals surface area contributed by atoms with Crippen molar-refractivity contribution in [2.24, 2.45) is 0 Å². The van der Waals surface area contributed by atoms with E-state index >= 15 is 0 Å². The Morgan fingerprint density at radius 1 is 1.50 bits per heavy atom. The van der Waals surface area contributed by atoms with Crippen LogP contribution >= 0.6 is 11.6 Å². The Kier molecular flexibility index (Phi) is 5.09. The summed E-state index contributed by atoms with van der Waals surface area (Å²) in [4.78, 5) is 0. The molecule has 2 aromatic heterocycles. The molecular formula is C14H20ClN3O2. The van der Waals surface area contributed by atoms with Crippen molar-refractivity contribution in [3.63, 3.8) is 0 Å². The summed E-state index contributed by atoms with van der Waals surface area (Å²) in [5, 5.41) is 8.20. The van der Waals surface area contributed by atoms with E-state index < -0.39 is 0 Å². The summed E-state index contributed by atoms with van der Waals surface area (Å²) < 4.78 is 12.6. The number of hydrogen-bond acceptors (Lipinski definition) is 4. The Hall–Kier alpha value is -1.46. The van der Waals surface area contributed by atoms with Crippen molar-refractivity contribution in [1.29, 1.82) is 0 Å². The lowest BCUT2D eigenvalue weighted by atomic mass is 10.1. The fourth-order valence-corrected chi connectivity index (χ4v) is 2.51. The third-order valence-electron chi connectivity index (χ3n) is 3.14. The first-order chi connectivity index (χ1) is 9.72. The van der Waals surface area contributed by atoms with Gasteiger partial charge >= 0.3 is 0 Å². The molecule has 1 unspecified atom stereocenters. The van der Waals surface area contributed by atoms with Crippen molar-refractivity contribution < 1.29 is 9.15 Å². The molecule has 1 atom stereocenters. The first-order valence-corrected chi connectivity index (χ1v) is 7.16. The van der Waals surface area contributed by atoms with Crippen LogP contribution in [0.4, 0.5) is 0 Å². The van der Waals surface area contributed by atoms with E-state index in [2.05, 4.69) is 17.3 Å². The van der Waals surface area contributed by atoms with Crippen molar-refractivity contribution in [3.8, 4) is 5.75 Å². The maximum atomic E-state index is 6.13. The number of hydrogen-bond donors (Lipinski definition) is 1. The average molecular weight is 298 g/mol. The lowest BCUT2D eigenvalue weighted by Crippen LogP contribution is -2.25. The number of aromatic nitrogens is 2. The van der Waals surface area contributed by atoms with Crippen LogP contribution in [0.5, 0.6) is 5.75 Å². The van der Waals surface area contributed by atoms with Crippen LogP contribution in [0.1, 0.15) is 37.6 Å². The standard InChI is InChI=1S/C14H20ClN3O2/c1-4-7-18-13(11(19-3)9-17-18)12(16-5-2)10-6-8-20-14(10)15/h6,8-9,12,16H,4-5,7H2,1-3H3. The van der Waals surface area contributed by atoms with Crippen molar-refractivity contribution in [3.05, 3.63) is 35.0 Å². The number of rotatable bonds is 7. The molecule has 2 heterocycles. The van der Waals surface area contributed by atoms with Gasteiger partial charge in [0.1, 0.15) is 5.69 Å². The molecule has 6 heteroatoms. The van der Waals surface area contributed by atoms with Gasteiger partial charge in [0.25, 0.3) is 0 Å². The molecule has 0 radical (unpaired) electrons. The van der Waals surface area contributed by atoms with Crippen LogP contribution in [0.15, 0.2) is 22.9 Å². The molecule has 0 spiro atoms. The van der Waals surface area contributed by atoms with Gasteiger partial charge in [0.05, 0.1) is 25.6 Å². The molecule has 0 saturated heterocycles. The largest absolute Gasteiger partial charge is 0.493 e. The van der Waals surface area contributed by atoms with Gasteiger partial charge in [-0.15, -0.1) is 0 Å². The Labute approximate surface area is 123 Å². The minimum absolute atomic E-state index is 0.102. The highest BCUT2D eigenvalue weighted by Gasteiger charge is 2.25. The molecule has 0 aromatic carbocycles. The highest BCUT2D eigenvalue weighted by molar-refractivity contribution is 6.29. The summed E-state index contributed by atoms with van der Waals surface area (Å²) >= 11 is 6.13. The molecule has 1 N–H and O–H groups in total. The van der Waals surface area contributed by atoms with Gasteiger partial charge in [-0.1, -0.05) is 13.8 Å². The third-order valence-corrected chi connectivity index (χ3v) is 3.45. The minimum Gasteiger partial charge on any atom is -0.493 e. The summed E-state index contributed by atoms with van der Waals surface area (Å²) in [5.41, 5.74) is 1.86. The topological polar surface area (TPSA) is 52.2 Å². The predicted octanol–water partition coefficient (Wildman–Crippen LogP) is 3.25. The smallest absolute Gasteiger partial charge is 0.198 e. The number of halogens is 1. The molecule has 5 nitrogen and oxygen atoms in total. The number of aryl methyl sites for hydroxylation is 1. The lowest BCUT2D eigenvalue weighted by molar-refractivity contribution is 0.398. The number of nitrogens with zero attached hydrogens (tertiary/aromatic N) is 2. The average Bonchev–Trinajstić information content (AvgIpc) is 3.03. The van der Waals surface area contributed by atoms with Gasteiger partial charge in [-0.3, -0.25) is 4.68 Å². The van der Waals surface area contributed by atoms with E-state index in [1.54, 1.807) is 19.6 Å². The Balaban J connectivity index is 2.48. The summed E-state index contributed by atoms with van der Waals surface area (Å²) in [6, 6.07) is 1.77. The summed E-state index contributed by atoms with van der Waals surface area (Å²) in [6.45, 7) is 5.79. The number of nitrogens with one attached hydrogen (secondary N) is 1. The summed E-state index contributed by atoms with van der Waals surface area (Å²) in [5.74, 6) is 0.752. The van der Waals surface area contributed by atoms with Crippen LogP contribution in [0.25, 0.3) is 0 Å². The summed E-state index contributed by atoms with van der Waals surface area (Å²) in [7, 11) is 1.65. The third kappa shape index (κ3) is 2.83. The van der Waals surface area contributed by atoms with Gasteiger partial charge in [-0.05, 0) is 30.6 Å². The second-order valence-corrected chi connectivity index (χ2v) is 4.80. The highest BCUT2D eigenvalue weighted by Crippen LogP contribution is 2.34. The molecule has 0 amide bonds. The molecule has 0 aliphatic heterocycles. The van der Waals surface area contributed by atoms with Crippen LogP contribution in [0.3, 0.4) is 0 Å². The maximum absolute atomic E-state index is 6.13. The van der Waals surface area contributed by atoms with Crippen LogP contribution in [-0.2, 0) is 6.54 Å². The zero-order chi connectivity index (χ0) is 14.5. The molecule has 0 aliphatic carbocycles. The number of furan rings is 1. The van der Waals surface area contributed by atoms with Crippen molar-refractivity contribution >= 4 is 11.6 Å². The van der Waals surface area contributed by atoms with Gasteiger partial charge in [0.15, 0.2) is 11.0 Å². The molecule has 2 aromatic rings. The fourth-order valence-electron chi connectivity index (χ4n) is 2.28. The second-order valence-electron chi connectivity index (χ2n) is 4.46.